The third-order valence-corrected chi connectivity index (χ3v) is 17.5. The molecule has 3 rings (SSSR count). The van der Waals surface area contributed by atoms with Crippen LogP contribution < -0.4 is 11.2 Å². The molecule has 0 radical (unpaired) electrons. The molecule has 0 spiro atoms. The molecular weight excluding hydrogens is 468 g/mol. The summed E-state index contributed by atoms with van der Waals surface area (Å²) in [7, 11) is -5.50. The van der Waals surface area contributed by atoms with E-state index in [0.29, 0.717) is 12.2 Å². The fraction of sp³-hybridized carbons (Fsp3) is 0.750. The Kier molecular flexibility index (Phi) is 8.01. The number of hydrogen-bond acceptors (Lipinski definition) is 6. The molecule has 34 heavy (non-hydrogen) atoms. The molecule has 0 saturated carbocycles. The van der Waals surface area contributed by atoms with Crippen LogP contribution in [-0.2, 0) is 17.7 Å². The highest BCUT2D eigenvalue weighted by molar-refractivity contribution is 6.84. The molecular formula is C24H42N2O6Si2. The van der Waals surface area contributed by atoms with Crippen molar-refractivity contribution in [2.24, 2.45) is 0 Å². The first-order chi connectivity index (χ1) is 15.8. The van der Waals surface area contributed by atoms with Crippen LogP contribution in [-0.4, -0.2) is 45.5 Å². The van der Waals surface area contributed by atoms with Gasteiger partial charge in [0.2, 0.25) is 0 Å². The van der Waals surface area contributed by atoms with Crippen LogP contribution in [0.25, 0.3) is 0 Å². The lowest BCUT2D eigenvalue weighted by Gasteiger charge is -2.51. The summed E-state index contributed by atoms with van der Waals surface area (Å²) in [6, 6.07) is 0. The van der Waals surface area contributed by atoms with E-state index in [-0.39, 0.29) is 28.3 Å². The van der Waals surface area contributed by atoms with Crippen molar-refractivity contribution in [2.75, 3.05) is 6.61 Å². The first kappa shape index (κ1) is 27.3. The molecule has 1 aromatic rings. The Morgan fingerprint density at radius 3 is 2.06 bits per heavy atom. The van der Waals surface area contributed by atoms with Crippen LogP contribution >= 0.6 is 0 Å². The Labute approximate surface area is 205 Å². The number of aryl methyl sites for hydroxylation is 1. The minimum atomic E-state index is -2.82. The van der Waals surface area contributed by atoms with Gasteiger partial charge in [0.15, 0.2) is 6.23 Å². The average Bonchev–Trinajstić information content (AvgIpc) is 3.06. The maximum atomic E-state index is 12.7. The summed E-state index contributed by atoms with van der Waals surface area (Å²) in [5, 5.41) is 0. The second-order valence-corrected chi connectivity index (χ2v) is 19.7. The summed E-state index contributed by atoms with van der Waals surface area (Å²) < 4.78 is 29.1. The number of aromatic amines is 1. The van der Waals surface area contributed by atoms with E-state index in [1.807, 2.05) is 13.0 Å². The summed E-state index contributed by atoms with van der Waals surface area (Å²) in [5.41, 5.74) is 1.25. The van der Waals surface area contributed by atoms with E-state index in [1.165, 1.54) is 4.57 Å². The maximum absolute atomic E-state index is 12.7. The quantitative estimate of drug-likeness (QED) is 0.458. The van der Waals surface area contributed by atoms with Gasteiger partial charge in [0.25, 0.3) is 5.56 Å². The van der Waals surface area contributed by atoms with E-state index in [1.54, 1.807) is 13.1 Å². The van der Waals surface area contributed by atoms with Crippen LogP contribution in [0, 0.1) is 6.92 Å². The Balaban J connectivity index is 2.16. The highest BCUT2D eigenvalue weighted by Gasteiger charge is 2.60. The van der Waals surface area contributed by atoms with Crippen molar-refractivity contribution >= 4 is 17.1 Å². The SMILES string of the molecule is CC=C1[C@H](n2cc(C)c(=O)[nH]c2=O)O[C@@H]2CO[Si](C(C)C)(C(C)C)O[Si](C(C)C)(C(C)C)O[C@@H]12. The maximum Gasteiger partial charge on any atom is 0.335 e. The van der Waals surface area contributed by atoms with Crippen molar-refractivity contribution in [1.29, 1.82) is 0 Å². The zero-order valence-corrected chi connectivity index (χ0v) is 24.3. The van der Waals surface area contributed by atoms with Gasteiger partial charge in [-0.05, 0) is 36.0 Å². The van der Waals surface area contributed by atoms with Gasteiger partial charge >= 0.3 is 22.8 Å². The smallest absolute Gasteiger partial charge is 0.335 e. The van der Waals surface area contributed by atoms with Crippen molar-refractivity contribution in [3.63, 3.8) is 0 Å². The van der Waals surface area contributed by atoms with Gasteiger partial charge in [-0.2, -0.15) is 0 Å². The number of nitrogens with one attached hydrogen (secondary N) is 1. The third-order valence-electron chi connectivity index (χ3n) is 7.31. The highest BCUT2D eigenvalue weighted by Crippen LogP contribution is 2.49. The number of rotatable bonds is 5. The molecule has 2 aliphatic heterocycles. The molecule has 0 bridgehead atoms. The van der Waals surface area contributed by atoms with Crippen LogP contribution in [0.4, 0.5) is 0 Å². The molecule has 3 heterocycles. The summed E-state index contributed by atoms with van der Waals surface area (Å²) >= 11 is 0. The number of ether oxygens (including phenoxy) is 1. The van der Waals surface area contributed by atoms with Gasteiger partial charge < -0.3 is 17.7 Å². The minimum absolute atomic E-state index is 0.189. The second-order valence-electron chi connectivity index (χ2n) is 10.8. The molecule has 1 aromatic heterocycles. The van der Waals surface area contributed by atoms with Crippen molar-refractivity contribution < 1.29 is 17.7 Å². The summed E-state index contributed by atoms with van der Waals surface area (Å²) in [6.07, 6.45) is 2.07. The number of hydrogen-bond donors (Lipinski definition) is 1. The van der Waals surface area contributed by atoms with Gasteiger partial charge in [-0.25, -0.2) is 4.79 Å². The largest absolute Gasteiger partial charge is 0.414 e. The molecule has 8 nitrogen and oxygen atoms in total. The topological polar surface area (TPSA) is 91.8 Å². The predicted octanol–water partition coefficient (Wildman–Crippen LogP) is 4.65. The van der Waals surface area contributed by atoms with Gasteiger partial charge in [0.1, 0.15) is 12.2 Å². The van der Waals surface area contributed by atoms with E-state index in [0.717, 1.165) is 5.57 Å². The first-order valence-corrected chi connectivity index (χ1v) is 16.4. The van der Waals surface area contributed by atoms with Crippen LogP contribution in [0.3, 0.4) is 0 Å². The molecule has 0 amide bonds. The van der Waals surface area contributed by atoms with Crippen molar-refractivity contribution in [1.82, 2.24) is 9.55 Å². The van der Waals surface area contributed by atoms with E-state index in [9.17, 15) is 9.59 Å². The van der Waals surface area contributed by atoms with Gasteiger partial charge in [-0.15, -0.1) is 0 Å². The molecule has 192 valence electrons. The fourth-order valence-electron chi connectivity index (χ4n) is 5.36. The monoisotopic (exact) mass is 510 g/mol. The number of nitrogens with zero attached hydrogens (tertiary/aromatic N) is 1. The molecule has 2 fully saturated rings. The minimum Gasteiger partial charge on any atom is -0.414 e. The Morgan fingerprint density at radius 2 is 1.56 bits per heavy atom. The number of allylic oxidation sites excluding steroid dienone is 1. The van der Waals surface area contributed by atoms with Gasteiger partial charge in [-0.1, -0.05) is 61.5 Å². The number of H-pyrrole nitrogens is 1. The summed E-state index contributed by atoms with van der Waals surface area (Å²) in [6.45, 7) is 21.4. The van der Waals surface area contributed by atoms with Gasteiger partial charge in [0, 0.05) is 17.3 Å². The Bertz CT molecular complexity index is 1010. The predicted molar refractivity (Wildman–Crippen MR) is 138 cm³/mol. The Morgan fingerprint density at radius 1 is 1.00 bits per heavy atom. The van der Waals surface area contributed by atoms with Crippen LogP contribution in [0.2, 0.25) is 22.2 Å². The lowest BCUT2D eigenvalue weighted by Crippen LogP contribution is -2.65. The zero-order chi connectivity index (χ0) is 25.6. The molecule has 2 saturated heterocycles. The zero-order valence-electron chi connectivity index (χ0n) is 22.3. The second kappa shape index (κ2) is 9.98. The Hall–Kier alpha value is -1.31. The highest BCUT2D eigenvalue weighted by atomic mass is 28.5. The fourth-order valence-corrected chi connectivity index (χ4v) is 16.5. The molecule has 1 N–H and O–H groups in total. The van der Waals surface area contributed by atoms with E-state index >= 15 is 0 Å². The lowest BCUT2D eigenvalue weighted by atomic mass is 10.1. The number of fused-ring (bicyclic) bond motifs is 1. The molecule has 0 aromatic carbocycles. The van der Waals surface area contributed by atoms with Gasteiger partial charge in [-0.3, -0.25) is 14.3 Å². The standard InChI is InChI=1S/C24H42N2O6Si2/c1-11-19-21-20(30-23(19)26-12-18(10)22(27)25-24(26)28)13-29-33(14(2)3,15(4)5)32-34(31-21,16(6)7)17(8)9/h11-12,14-17,20-21,23H,13H2,1-10H3,(H,25,27,28)/t20-,21+,23-/m1/s1. The lowest BCUT2D eigenvalue weighted by molar-refractivity contribution is -0.0562. The summed E-state index contributed by atoms with van der Waals surface area (Å²) in [4.78, 5) is 27.1. The van der Waals surface area contributed by atoms with Crippen molar-refractivity contribution in [3.05, 3.63) is 44.2 Å². The third kappa shape index (κ3) is 4.48. The average molecular weight is 511 g/mol. The molecule has 3 atom stereocenters. The molecule has 0 unspecified atom stereocenters. The first-order valence-electron chi connectivity index (χ1n) is 12.5. The van der Waals surface area contributed by atoms with Crippen LogP contribution in [0.1, 0.15) is 74.1 Å². The molecule has 10 heteroatoms. The van der Waals surface area contributed by atoms with Crippen molar-refractivity contribution in [3.8, 4) is 0 Å². The number of aromatic nitrogens is 2. The normalized spacial score (nSPS) is 28.1. The van der Waals surface area contributed by atoms with E-state index < -0.39 is 40.7 Å². The van der Waals surface area contributed by atoms with E-state index in [2.05, 4.69) is 60.4 Å². The summed E-state index contributed by atoms with van der Waals surface area (Å²) in [5.74, 6) is 0. The van der Waals surface area contributed by atoms with E-state index in [4.69, 9.17) is 17.7 Å². The van der Waals surface area contributed by atoms with Crippen LogP contribution in [0.5, 0.6) is 0 Å². The van der Waals surface area contributed by atoms with Crippen LogP contribution in [0.15, 0.2) is 27.4 Å². The van der Waals surface area contributed by atoms with Crippen molar-refractivity contribution in [2.45, 2.75) is 110 Å². The van der Waals surface area contributed by atoms with Gasteiger partial charge in [0.05, 0.1) is 6.61 Å². The molecule has 2 aliphatic rings. The molecule has 0 aliphatic carbocycles.